The van der Waals surface area contributed by atoms with Crippen molar-refractivity contribution in [3.63, 3.8) is 0 Å². The number of hydrogen-bond acceptors (Lipinski definition) is 5. The maximum absolute atomic E-state index is 12.3. The van der Waals surface area contributed by atoms with Gasteiger partial charge >= 0.3 is 0 Å². The van der Waals surface area contributed by atoms with Crippen LogP contribution in [0.5, 0.6) is 5.75 Å². The van der Waals surface area contributed by atoms with Crippen molar-refractivity contribution < 1.29 is 19.2 Å². The van der Waals surface area contributed by atoms with Gasteiger partial charge in [0.1, 0.15) is 5.75 Å². The quantitative estimate of drug-likeness (QED) is 0.186. The first-order valence-corrected chi connectivity index (χ1v) is 10.9. The Hall–Kier alpha value is -3.22. The number of amides is 2. The third-order valence-electron chi connectivity index (χ3n) is 5.45. The smallest absolute Gasteiger partial charge is 0.273 e. The Bertz CT molecular complexity index is 893. The Labute approximate surface area is 182 Å². The normalized spacial score (nSPS) is 12.8. The molecule has 7 nitrogen and oxygen atoms in total. The van der Waals surface area contributed by atoms with Gasteiger partial charge in [-0.25, -0.2) is 0 Å². The highest BCUT2D eigenvalue weighted by Gasteiger charge is 2.34. The molecule has 0 unspecified atom stereocenters. The van der Waals surface area contributed by atoms with Crippen LogP contribution >= 0.6 is 0 Å². The van der Waals surface area contributed by atoms with Crippen molar-refractivity contribution in [2.45, 2.75) is 51.4 Å². The van der Waals surface area contributed by atoms with Gasteiger partial charge < -0.3 is 4.74 Å². The van der Waals surface area contributed by atoms with Crippen LogP contribution in [0.25, 0.3) is 0 Å². The lowest BCUT2D eigenvalue weighted by atomic mass is 10.1. The van der Waals surface area contributed by atoms with Crippen molar-refractivity contribution in [2.24, 2.45) is 0 Å². The average molecular weight is 424 g/mol. The topological polar surface area (TPSA) is 89.8 Å². The maximum atomic E-state index is 12.3. The molecule has 164 valence electrons. The van der Waals surface area contributed by atoms with Crippen LogP contribution in [-0.2, 0) is 0 Å². The van der Waals surface area contributed by atoms with Gasteiger partial charge in [-0.1, -0.05) is 56.7 Å². The fourth-order valence-corrected chi connectivity index (χ4v) is 3.75. The van der Waals surface area contributed by atoms with Crippen molar-refractivity contribution in [3.05, 3.63) is 69.8 Å². The van der Waals surface area contributed by atoms with Crippen molar-refractivity contribution in [3.8, 4) is 5.75 Å². The summed E-state index contributed by atoms with van der Waals surface area (Å²) < 4.78 is 5.58. The zero-order valence-electron chi connectivity index (χ0n) is 17.6. The van der Waals surface area contributed by atoms with E-state index in [0.29, 0.717) is 30.0 Å². The van der Waals surface area contributed by atoms with Gasteiger partial charge in [0.15, 0.2) is 0 Å². The Morgan fingerprint density at radius 1 is 0.774 bits per heavy atom. The number of non-ortho nitro benzene ring substituents is 1. The van der Waals surface area contributed by atoms with Gasteiger partial charge in [-0.05, 0) is 31.0 Å². The number of nitrogens with zero attached hydrogens (tertiary/aromatic N) is 2. The first-order chi connectivity index (χ1) is 15.1. The SMILES string of the molecule is O=C1c2ccccc2C(=O)N1CCCCCCCCCCOc1cccc([N+](=O)[O-])c1. The predicted octanol–water partition coefficient (Wildman–Crippen LogP) is 5.39. The first-order valence-electron chi connectivity index (χ1n) is 10.9. The van der Waals surface area contributed by atoms with Gasteiger partial charge in [-0.15, -0.1) is 0 Å². The summed E-state index contributed by atoms with van der Waals surface area (Å²) in [6.07, 6.45) is 8.31. The van der Waals surface area contributed by atoms with E-state index in [-0.39, 0.29) is 17.5 Å². The number of unbranched alkanes of at least 4 members (excludes halogenated alkanes) is 7. The molecule has 1 heterocycles. The molecule has 3 rings (SSSR count). The van der Waals surface area contributed by atoms with Gasteiger partial charge in [0.05, 0.1) is 28.7 Å². The largest absolute Gasteiger partial charge is 0.493 e. The first kappa shape index (κ1) is 22.5. The molecule has 0 saturated carbocycles. The summed E-state index contributed by atoms with van der Waals surface area (Å²) in [6.45, 7) is 1.04. The van der Waals surface area contributed by atoms with Gasteiger partial charge in [0.25, 0.3) is 17.5 Å². The summed E-state index contributed by atoms with van der Waals surface area (Å²) in [5.41, 5.74) is 1.07. The van der Waals surface area contributed by atoms with Crippen LogP contribution in [0.3, 0.4) is 0 Å². The minimum atomic E-state index is -0.424. The molecule has 1 aliphatic rings. The number of carbonyl (C=O) groups is 2. The Morgan fingerprint density at radius 3 is 1.97 bits per heavy atom. The Kier molecular flexibility index (Phi) is 8.15. The molecule has 0 saturated heterocycles. The van der Waals surface area contributed by atoms with Gasteiger partial charge in [0, 0.05) is 12.6 Å². The molecule has 0 spiro atoms. The van der Waals surface area contributed by atoms with E-state index in [1.54, 1.807) is 36.4 Å². The summed E-state index contributed by atoms with van der Waals surface area (Å²) in [5, 5.41) is 10.8. The molecule has 0 aliphatic carbocycles. The summed E-state index contributed by atoms with van der Waals surface area (Å²) in [7, 11) is 0. The van der Waals surface area contributed by atoms with Crippen LogP contribution in [0.1, 0.15) is 72.1 Å². The summed E-state index contributed by atoms with van der Waals surface area (Å²) >= 11 is 0. The van der Waals surface area contributed by atoms with E-state index in [2.05, 4.69) is 0 Å². The highest BCUT2D eigenvalue weighted by atomic mass is 16.6. The maximum Gasteiger partial charge on any atom is 0.273 e. The van der Waals surface area contributed by atoms with Crippen LogP contribution < -0.4 is 4.74 Å². The summed E-state index contributed by atoms with van der Waals surface area (Å²) in [6, 6.07) is 13.3. The number of carbonyl (C=O) groups excluding carboxylic acids is 2. The van der Waals surface area contributed by atoms with Crippen molar-refractivity contribution in [1.29, 1.82) is 0 Å². The number of benzene rings is 2. The van der Waals surface area contributed by atoms with Crippen LogP contribution in [-0.4, -0.2) is 34.8 Å². The zero-order chi connectivity index (χ0) is 22.1. The second-order valence-electron chi connectivity index (χ2n) is 7.74. The molecular weight excluding hydrogens is 396 g/mol. The van der Waals surface area contributed by atoms with E-state index in [4.69, 9.17) is 4.74 Å². The summed E-state index contributed by atoms with van der Waals surface area (Å²) in [5.74, 6) is 0.188. The van der Waals surface area contributed by atoms with Crippen molar-refractivity contribution in [2.75, 3.05) is 13.2 Å². The lowest BCUT2D eigenvalue weighted by molar-refractivity contribution is -0.384. The fourth-order valence-electron chi connectivity index (χ4n) is 3.75. The lowest BCUT2D eigenvalue weighted by Gasteiger charge is -2.13. The minimum absolute atomic E-state index is 0.0421. The molecule has 2 aromatic carbocycles. The minimum Gasteiger partial charge on any atom is -0.493 e. The second kappa shape index (κ2) is 11.2. The van der Waals surface area contributed by atoms with E-state index in [1.807, 2.05) is 0 Å². The number of rotatable bonds is 13. The van der Waals surface area contributed by atoms with Crippen LogP contribution in [0.2, 0.25) is 0 Å². The van der Waals surface area contributed by atoms with E-state index in [9.17, 15) is 19.7 Å². The van der Waals surface area contributed by atoms with E-state index < -0.39 is 4.92 Å². The fraction of sp³-hybridized carbons (Fsp3) is 0.417. The Morgan fingerprint density at radius 2 is 1.35 bits per heavy atom. The lowest BCUT2D eigenvalue weighted by Crippen LogP contribution is -2.30. The molecule has 2 aromatic rings. The predicted molar refractivity (Wildman–Crippen MR) is 117 cm³/mol. The molecule has 0 radical (unpaired) electrons. The van der Waals surface area contributed by atoms with Gasteiger partial charge in [0.2, 0.25) is 0 Å². The zero-order valence-corrected chi connectivity index (χ0v) is 17.6. The third kappa shape index (κ3) is 6.13. The number of imide groups is 1. The number of fused-ring (bicyclic) bond motifs is 1. The molecule has 0 aromatic heterocycles. The number of nitro groups is 1. The molecule has 0 bridgehead atoms. The van der Waals surface area contributed by atoms with Gasteiger partial charge in [-0.2, -0.15) is 0 Å². The Balaban J connectivity index is 1.19. The molecule has 0 N–H and O–H groups in total. The molecular formula is C24H28N2O5. The van der Waals surface area contributed by atoms with Crippen LogP contribution in [0.4, 0.5) is 5.69 Å². The molecule has 1 aliphatic heterocycles. The van der Waals surface area contributed by atoms with E-state index in [1.165, 1.54) is 17.0 Å². The van der Waals surface area contributed by atoms with Crippen LogP contribution in [0.15, 0.2) is 48.5 Å². The van der Waals surface area contributed by atoms with E-state index in [0.717, 1.165) is 51.4 Å². The molecule has 7 heteroatoms. The third-order valence-corrected chi connectivity index (χ3v) is 5.45. The van der Waals surface area contributed by atoms with Crippen molar-refractivity contribution >= 4 is 17.5 Å². The van der Waals surface area contributed by atoms with Crippen molar-refractivity contribution in [1.82, 2.24) is 4.90 Å². The molecule has 31 heavy (non-hydrogen) atoms. The average Bonchev–Trinajstić information content (AvgIpc) is 3.02. The molecule has 0 atom stereocenters. The molecule has 0 fully saturated rings. The van der Waals surface area contributed by atoms with E-state index >= 15 is 0 Å². The number of ether oxygens (including phenoxy) is 1. The summed E-state index contributed by atoms with van der Waals surface area (Å²) in [4.78, 5) is 36.3. The molecule has 2 amide bonds. The number of nitro benzene ring substituents is 1. The highest BCUT2D eigenvalue weighted by Crippen LogP contribution is 2.23. The van der Waals surface area contributed by atoms with Gasteiger partial charge in [-0.3, -0.25) is 24.6 Å². The highest BCUT2D eigenvalue weighted by molar-refractivity contribution is 6.21. The monoisotopic (exact) mass is 424 g/mol. The standard InChI is InChI=1S/C24H28N2O5/c27-23-21-14-7-8-15-22(21)24(28)25(23)16-9-5-3-1-2-4-6-10-17-31-20-13-11-12-19(18-20)26(29)30/h7-8,11-15,18H,1-6,9-10,16-17H2. The number of hydrogen-bond donors (Lipinski definition) is 0. The second-order valence-corrected chi connectivity index (χ2v) is 7.74. The van der Waals surface area contributed by atoms with Crippen LogP contribution in [0, 0.1) is 10.1 Å².